The second-order valence-electron chi connectivity index (χ2n) is 3.72. The quantitative estimate of drug-likeness (QED) is 0.749. The summed E-state index contributed by atoms with van der Waals surface area (Å²) in [6, 6.07) is 5.09. The fraction of sp³-hybridized carbons (Fsp3) is 0. The van der Waals surface area contributed by atoms with E-state index in [0.29, 0.717) is 17.2 Å². The Labute approximate surface area is 107 Å². The summed E-state index contributed by atoms with van der Waals surface area (Å²) in [6.07, 6.45) is 4.65. The van der Waals surface area contributed by atoms with Gasteiger partial charge < -0.3 is 10.2 Å². The van der Waals surface area contributed by atoms with Gasteiger partial charge in [0.2, 0.25) is 5.96 Å². The predicted molar refractivity (Wildman–Crippen MR) is 66.5 cm³/mol. The lowest BCUT2D eigenvalue weighted by Gasteiger charge is -2.04. The molecule has 1 amide bonds. The summed E-state index contributed by atoms with van der Waals surface area (Å²) in [5.74, 6) is 0.437. The van der Waals surface area contributed by atoms with Crippen LogP contribution in [0.3, 0.4) is 0 Å². The largest absolute Gasteiger partial charge is 0.464 e. The highest BCUT2D eigenvalue weighted by Crippen LogP contribution is 2.26. The average Bonchev–Trinajstić information content (AvgIpc) is 3.03. The first kappa shape index (κ1) is 11.1. The number of nitrogens with one attached hydrogen (secondary N) is 1. The molecule has 0 saturated heterocycles. The predicted octanol–water partition coefficient (Wildman–Crippen LogP) is 0.274. The number of amides is 1. The molecule has 0 unspecified atom stereocenters. The smallest absolute Gasteiger partial charge is 0.277 e. The van der Waals surface area contributed by atoms with E-state index in [0.717, 1.165) is 0 Å². The Morgan fingerprint density at radius 1 is 1.26 bits per heavy atom. The molecule has 1 aliphatic heterocycles. The van der Waals surface area contributed by atoms with Gasteiger partial charge in [-0.2, -0.15) is 0 Å². The number of hydrogen-bond acceptors (Lipinski definition) is 6. The van der Waals surface area contributed by atoms with Crippen LogP contribution >= 0.6 is 0 Å². The number of aliphatic imine (C=N–C) groups is 1. The number of carbonyl (C=O) groups is 1. The van der Waals surface area contributed by atoms with Gasteiger partial charge in [0, 0.05) is 12.4 Å². The Morgan fingerprint density at radius 3 is 2.63 bits per heavy atom. The molecule has 0 radical (unpaired) electrons. The van der Waals surface area contributed by atoms with Crippen LogP contribution in [0.15, 0.2) is 52.0 Å². The molecule has 0 aromatic carbocycles. The van der Waals surface area contributed by atoms with Crippen LogP contribution in [-0.2, 0) is 4.79 Å². The highest BCUT2D eigenvalue weighted by molar-refractivity contribution is 6.15. The molecule has 3 rings (SSSR count). The lowest BCUT2D eigenvalue weighted by atomic mass is 10.1. The highest BCUT2D eigenvalue weighted by Gasteiger charge is 2.26. The molecule has 2 aromatic rings. The van der Waals surface area contributed by atoms with E-state index in [-0.39, 0.29) is 11.7 Å². The minimum Gasteiger partial charge on any atom is -0.464 e. The van der Waals surface area contributed by atoms with Crippen LogP contribution in [0.4, 0.5) is 0 Å². The van der Waals surface area contributed by atoms with Crippen LogP contribution in [0.2, 0.25) is 0 Å². The number of guanidine groups is 1. The number of nitrogens with zero attached hydrogens (tertiary/aromatic N) is 3. The second-order valence-corrected chi connectivity index (χ2v) is 3.72. The van der Waals surface area contributed by atoms with E-state index in [2.05, 4.69) is 20.3 Å². The van der Waals surface area contributed by atoms with Crippen LogP contribution in [0.5, 0.6) is 0 Å². The maximum Gasteiger partial charge on any atom is 0.277 e. The number of aromatic nitrogens is 2. The van der Waals surface area contributed by atoms with E-state index in [1.54, 1.807) is 30.6 Å². The van der Waals surface area contributed by atoms with Crippen molar-refractivity contribution in [2.45, 2.75) is 0 Å². The minimum atomic E-state index is -0.406. The van der Waals surface area contributed by atoms with Gasteiger partial charge in [-0.3, -0.25) is 10.1 Å². The summed E-state index contributed by atoms with van der Waals surface area (Å²) < 4.78 is 5.32. The number of carbonyl (C=O) groups excluding carboxylic acids is 1. The van der Waals surface area contributed by atoms with Crippen LogP contribution < -0.4 is 11.1 Å². The Kier molecular flexibility index (Phi) is 2.57. The summed E-state index contributed by atoms with van der Waals surface area (Å²) in [5.41, 5.74) is 6.04. The van der Waals surface area contributed by atoms with Crippen molar-refractivity contribution in [3.63, 3.8) is 0 Å². The molecule has 0 fully saturated rings. The van der Waals surface area contributed by atoms with Gasteiger partial charge in [0.05, 0.1) is 11.8 Å². The highest BCUT2D eigenvalue weighted by atomic mass is 16.3. The summed E-state index contributed by atoms with van der Waals surface area (Å²) in [5, 5.41) is 2.41. The van der Waals surface area contributed by atoms with Gasteiger partial charge in [-0.1, -0.05) is 0 Å². The third-order valence-corrected chi connectivity index (χ3v) is 2.48. The molecular weight excluding hydrogens is 246 g/mol. The third kappa shape index (κ3) is 1.97. The van der Waals surface area contributed by atoms with Crippen LogP contribution in [-0.4, -0.2) is 21.8 Å². The zero-order chi connectivity index (χ0) is 13.2. The van der Waals surface area contributed by atoms with E-state index < -0.39 is 5.91 Å². The van der Waals surface area contributed by atoms with E-state index in [9.17, 15) is 4.79 Å². The van der Waals surface area contributed by atoms with Crippen LogP contribution in [0, 0.1) is 0 Å². The number of furan rings is 1. The first-order chi connectivity index (χ1) is 9.25. The molecule has 7 nitrogen and oxygen atoms in total. The van der Waals surface area contributed by atoms with E-state index in [1.807, 2.05) is 0 Å². The first-order valence-corrected chi connectivity index (χ1v) is 5.47. The van der Waals surface area contributed by atoms with Gasteiger partial charge >= 0.3 is 0 Å². The zero-order valence-electron chi connectivity index (χ0n) is 9.70. The van der Waals surface area contributed by atoms with Crippen molar-refractivity contribution in [2.75, 3.05) is 0 Å². The monoisotopic (exact) mass is 255 g/mol. The molecule has 2 aromatic heterocycles. The third-order valence-electron chi connectivity index (χ3n) is 2.48. The van der Waals surface area contributed by atoms with Gasteiger partial charge in [-0.25, -0.2) is 15.0 Å². The Balaban J connectivity index is 2.24. The molecule has 0 saturated carbocycles. The maximum absolute atomic E-state index is 11.8. The Bertz CT molecular complexity index is 673. The van der Waals surface area contributed by atoms with Crippen LogP contribution in [0.1, 0.15) is 11.6 Å². The van der Waals surface area contributed by atoms with Gasteiger partial charge in [-0.05, 0) is 18.2 Å². The lowest BCUT2D eigenvalue weighted by Crippen LogP contribution is -2.30. The Hall–Kier alpha value is -2.96. The van der Waals surface area contributed by atoms with Gasteiger partial charge in [-0.15, -0.1) is 0 Å². The minimum absolute atomic E-state index is 0.0417. The Morgan fingerprint density at radius 2 is 2.05 bits per heavy atom. The second kappa shape index (κ2) is 4.37. The fourth-order valence-electron chi connectivity index (χ4n) is 1.73. The molecule has 0 spiro atoms. The number of nitrogens with two attached hydrogens (primary N) is 1. The molecule has 0 bridgehead atoms. The average molecular weight is 255 g/mol. The molecule has 3 N–H and O–H groups in total. The number of hydrogen-bond donors (Lipinski definition) is 2. The van der Waals surface area contributed by atoms with E-state index >= 15 is 0 Å². The summed E-state index contributed by atoms with van der Waals surface area (Å²) in [4.78, 5) is 24.0. The molecule has 94 valence electrons. The molecule has 0 atom stereocenters. The molecule has 19 heavy (non-hydrogen) atoms. The van der Waals surface area contributed by atoms with Crippen LogP contribution in [0.25, 0.3) is 5.57 Å². The first-order valence-electron chi connectivity index (χ1n) is 5.47. The molecule has 7 heteroatoms. The maximum atomic E-state index is 11.8. The van der Waals surface area contributed by atoms with Gasteiger partial charge in [0.1, 0.15) is 11.5 Å². The summed E-state index contributed by atoms with van der Waals surface area (Å²) in [7, 11) is 0. The molecule has 1 aliphatic rings. The fourth-order valence-corrected chi connectivity index (χ4v) is 1.73. The van der Waals surface area contributed by atoms with Crippen molar-refractivity contribution < 1.29 is 9.21 Å². The topological polar surface area (TPSA) is 106 Å². The van der Waals surface area contributed by atoms with Crippen molar-refractivity contribution in [3.8, 4) is 0 Å². The van der Waals surface area contributed by atoms with E-state index in [1.165, 1.54) is 6.26 Å². The normalized spacial score (nSPS) is 17.1. The van der Waals surface area contributed by atoms with Gasteiger partial charge in [0.15, 0.2) is 5.82 Å². The summed E-state index contributed by atoms with van der Waals surface area (Å²) in [6.45, 7) is 0. The number of rotatable bonds is 2. The molecule has 0 aliphatic carbocycles. The van der Waals surface area contributed by atoms with Gasteiger partial charge in [0.25, 0.3) is 5.91 Å². The SMILES string of the molecule is NC1=NC(=C(c2ncccn2)c2ccco2)C(=O)N1. The lowest BCUT2D eigenvalue weighted by molar-refractivity contribution is -0.115. The van der Waals surface area contributed by atoms with Crippen molar-refractivity contribution in [1.82, 2.24) is 15.3 Å². The van der Waals surface area contributed by atoms with Crippen molar-refractivity contribution in [3.05, 3.63) is 54.1 Å². The summed E-state index contributed by atoms with van der Waals surface area (Å²) >= 11 is 0. The zero-order valence-corrected chi connectivity index (χ0v) is 9.70. The van der Waals surface area contributed by atoms with E-state index in [4.69, 9.17) is 10.2 Å². The molecule has 3 heterocycles. The standard InChI is InChI=1S/C12H9N5O2/c13-12-16-9(11(18)17-12)8(7-3-1-6-19-7)10-14-4-2-5-15-10/h1-6H,(H3,13,16,17,18). The van der Waals surface area contributed by atoms with Crippen molar-refractivity contribution in [2.24, 2.45) is 10.7 Å². The van der Waals surface area contributed by atoms with Crippen molar-refractivity contribution in [1.29, 1.82) is 0 Å². The van der Waals surface area contributed by atoms with Crippen molar-refractivity contribution >= 4 is 17.4 Å². The molecular formula is C12H9N5O2.